The largest absolute Gasteiger partial charge is 0.380 e. The monoisotopic (exact) mass is 375 g/mol. The number of rotatable bonds is 13. The Bertz CT molecular complexity index is 503. The lowest BCUT2D eigenvalue weighted by molar-refractivity contribution is 0.140. The summed E-state index contributed by atoms with van der Waals surface area (Å²) in [4.78, 5) is 2.51. The summed E-state index contributed by atoms with van der Waals surface area (Å²) in [6.45, 7) is 11.5. The molecule has 0 spiro atoms. The first kappa shape index (κ1) is 21.5. The number of ether oxygens (including phenoxy) is 1. The van der Waals surface area contributed by atoms with Crippen LogP contribution in [0.1, 0.15) is 57.4 Å². The maximum absolute atomic E-state index is 5.98. The van der Waals surface area contributed by atoms with E-state index in [9.17, 15) is 0 Å². The molecule has 1 aliphatic heterocycles. The minimum atomic E-state index is -0.994. The van der Waals surface area contributed by atoms with Crippen molar-refractivity contribution in [2.45, 2.75) is 83.5 Å². The molecule has 0 radical (unpaired) electrons. The molecular formula is C23H41NOSi. The van der Waals surface area contributed by atoms with Gasteiger partial charge in [-0.15, -0.1) is 0 Å². The van der Waals surface area contributed by atoms with Gasteiger partial charge < -0.3 is 9.64 Å². The van der Waals surface area contributed by atoms with Crippen molar-refractivity contribution in [3.05, 3.63) is 29.8 Å². The highest BCUT2D eigenvalue weighted by atomic mass is 28.3. The molecule has 3 heteroatoms. The number of fused-ring (bicyclic) bond motifs is 1. The Kier molecular flexibility index (Phi) is 9.77. The SMILES string of the molecule is CCCCCCC[Si](C)(C)CCCOCCN1CCCc2ccccc21. The molecule has 2 rings (SSSR count). The summed E-state index contributed by atoms with van der Waals surface area (Å²) in [5.41, 5.74) is 2.93. The van der Waals surface area contributed by atoms with Crippen molar-refractivity contribution in [3.63, 3.8) is 0 Å². The highest BCUT2D eigenvalue weighted by Gasteiger charge is 2.19. The van der Waals surface area contributed by atoms with E-state index < -0.39 is 8.07 Å². The van der Waals surface area contributed by atoms with Crippen LogP contribution in [0.5, 0.6) is 0 Å². The van der Waals surface area contributed by atoms with Gasteiger partial charge in [0.25, 0.3) is 0 Å². The number of aryl methyl sites for hydroxylation is 1. The lowest BCUT2D eigenvalue weighted by atomic mass is 10.0. The molecule has 0 fully saturated rings. The van der Waals surface area contributed by atoms with Crippen molar-refractivity contribution in [2.24, 2.45) is 0 Å². The summed E-state index contributed by atoms with van der Waals surface area (Å²) in [5.74, 6) is 0. The van der Waals surface area contributed by atoms with Crippen molar-refractivity contribution >= 4 is 13.8 Å². The Labute approximate surface area is 163 Å². The number of nitrogens with zero attached hydrogens (tertiary/aromatic N) is 1. The molecule has 0 saturated heterocycles. The van der Waals surface area contributed by atoms with Crippen molar-refractivity contribution in [3.8, 4) is 0 Å². The van der Waals surface area contributed by atoms with E-state index in [-0.39, 0.29) is 0 Å². The van der Waals surface area contributed by atoms with E-state index in [0.29, 0.717) is 0 Å². The molecule has 26 heavy (non-hydrogen) atoms. The molecule has 1 aromatic carbocycles. The van der Waals surface area contributed by atoms with Crippen molar-refractivity contribution < 1.29 is 4.74 Å². The predicted octanol–water partition coefficient (Wildman–Crippen LogP) is 6.52. The third-order valence-electron chi connectivity index (χ3n) is 5.81. The van der Waals surface area contributed by atoms with Gasteiger partial charge in [0.05, 0.1) is 6.61 Å². The number of benzene rings is 1. The van der Waals surface area contributed by atoms with Crippen LogP contribution < -0.4 is 4.90 Å². The molecule has 0 bridgehead atoms. The van der Waals surface area contributed by atoms with Gasteiger partial charge in [-0.3, -0.25) is 0 Å². The van der Waals surface area contributed by atoms with Crippen molar-refractivity contribution in [1.82, 2.24) is 0 Å². The van der Waals surface area contributed by atoms with Gasteiger partial charge in [0.15, 0.2) is 0 Å². The van der Waals surface area contributed by atoms with Crippen LogP contribution in [0.2, 0.25) is 25.2 Å². The van der Waals surface area contributed by atoms with E-state index in [4.69, 9.17) is 4.74 Å². The molecule has 1 aliphatic rings. The van der Waals surface area contributed by atoms with Gasteiger partial charge in [-0.2, -0.15) is 0 Å². The smallest absolute Gasteiger partial charge is 0.0641 e. The second-order valence-electron chi connectivity index (χ2n) is 8.76. The molecule has 2 nitrogen and oxygen atoms in total. The fourth-order valence-corrected chi connectivity index (χ4v) is 6.66. The second kappa shape index (κ2) is 11.8. The van der Waals surface area contributed by atoms with E-state index >= 15 is 0 Å². The molecule has 0 amide bonds. The first-order valence-electron chi connectivity index (χ1n) is 11.0. The Hall–Kier alpha value is -0.803. The highest BCUT2D eigenvalue weighted by molar-refractivity contribution is 6.77. The molecule has 1 aromatic rings. The molecule has 0 unspecified atom stereocenters. The molecular weight excluding hydrogens is 334 g/mol. The molecule has 0 aliphatic carbocycles. The Morgan fingerprint density at radius 2 is 1.73 bits per heavy atom. The number of hydrogen-bond donors (Lipinski definition) is 0. The van der Waals surface area contributed by atoms with Crippen LogP contribution in [0.25, 0.3) is 0 Å². The summed E-state index contributed by atoms with van der Waals surface area (Å²) in [5, 5.41) is 0. The maximum atomic E-state index is 5.98. The summed E-state index contributed by atoms with van der Waals surface area (Å²) < 4.78 is 5.98. The first-order chi connectivity index (χ1) is 12.6. The number of anilines is 1. The van der Waals surface area contributed by atoms with Gasteiger partial charge in [0, 0.05) is 33.5 Å². The summed E-state index contributed by atoms with van der Waals surface area (Å²) in [7, 11) is -0.994. The lowest BCUT2D eigenvalue weighted by Crippen LogP contribution is -2.32. The molecule has 0 atom stereocenters. The van der Waals surface area contributed by atoms with Gasteiger partial charge >= 0.3 is 0 Å². The summed E-state index contributed by atoms with van der Waals surface area (Å²) >= 11 is 0. The van der Waals surface area contributed by atoms with Gasteiger partial charge in [0.2, 0.25) is 0 Å². The quantitative estimate of drug-likeness (QED) is 0.287. The van der Waals surface area contributed by atoms with Gasteiger partial charge in [0.1, 0.15) is 0 Å². The number of hydrogen-bond acceptors (Lipinski definition) is 2. The normalized spacial score (nSPS) is 14.5. The predicted molar refractivity (Wildman–Crippen MR) is 118 cm³/mol. The van der Waals surface area contributed by atoms with Crippen LogP contribution in [0.4, 0.5) is 5.69 Å². The van der Waals surface area contributed by atoms with Crippen LogP contribution in [0, 0.1) is 0 Å². The fraction of sp³-hybridized carbons (Fsp3) is 0.739. The average molecular weight is 376 g/mol. The lowest BCUT2D eigenvalue weighted by Gasteiger charge is -2.31. The molecule has 1 heterocycles. The molecule has 148 valence electrons. The zero-order chi connectivity index (χ0) is 18.7. The Morgan fingerprint density at radius 3 is 2.58 bits per heavy atom. The number of unbranched alkanes of at least 4 members (excludes halogenated alkanes) is 4. The van der Waals surface area contributed by atoms with Crippen LogP contribution in [0.15, 0.2) is 24.3 Å². The number of para-hydroxylation sites is 1. The summed E-state index contributed by atoms with van der Waals surface area (Å²) in [6.07, 6.45) is 10.8. The zero-order valence-corrected chi connectivity index (χ0v) is 18.6. The van der Waals surface area contributed by atoms with E-state index in [1.807, 2.05) is 0 Å². The first-order valence-corrected chi connectivity index (χ1v) is 14.4. The average Bonchev–Trinajstić information content (AvgIpc) is 2.64. The van der Waals surface area contributed by atoms with Crippen LogP contribution >= 0.6 is 0 Å². The van der Waals surface area contributed by atoms with Crippen LogP contribution in [-0.4, -0.2) is 34.4 Å². The highest BCUT2D eigenvalue weighted by Crippen LogP contribution is 2.26. The minimum absolute atomic E-state index is 0.868. The van der Waals surface area contributed by atoms with Gasteiger partial charge in [-0.1, -0.05) is 82.4 Å². The fourth-order valence-electron chi connectivity index (χ4n) is 4.11. The Morgan fingerprint density at radius 1 is 0.962 bits per heavy atom. The zero-order valence-electron chi connectivity index (χ0n) is 17.6. The topological polar surface area (TPSA) is 12.5 Å². The van der Waals surface area contributed by atoms with E-state index in [2.05, 4.69) is 49.2 Å². The van der Waals surface area contributed by atoms with Crippen molar-refractivity contribution in [1.29, 1.82) is 0 Å². The van der Waals surface area contributed by atoms with Crippen LogP contribution in [-0.2, 0) is 11.2 Å². The maximum Gasteiger partial charge on any atom is 0.0641 e. The van der Waals surface area contributed by atoms with Gasteiger partial charge in [-0.05, 0) is 30.9 Å². The summed E-state index contributed by atoms with van der Waals surface area (Å²) in [6, 6.07) is 11.8. The second-order valence-corrected chi connectivity index (χ2v) is 14.1. The third-order valence-corrected chi connectivity index (χ3v) is 9.23. The standard InChI is InChI=1S/C23H41NOSi/c1-4-5-6-7-10-20-26(2,3)21-12-18-25-19-17-24-16-11-14-22-13-8-9-15-23(22)24/h8-9,13,15H,4-7,10-12,14,16-21H2,1-3H3. The third kappa shape index (κ3) is 7.83. The molecule has 0 N–H and O–H groups in total. The molecule has 0 saturated carbocycles. The molecule has 0 aromatic heterocycles. The van der Waals surface area contributed by atoms with Crippen molar-refractivity contribution in [2.75, 3.05) is 31.2 Å². The van der Waals surface area contributed by atoms with E-state index in [0.717, 1.165) is 19.8 Å². The van der Waals surface area contributed by atoms with Gasteiger partial charge in [-0.25, -0.2) is 0 Å². The minimum Gasteiger partial charge on any atom is -0.380 e. The van der Waals surface area contributed by atoms with E-state index in [1.54, 1.807) is 0 Å². The van der Waals surface area contributed by atoms with E-state index in [1.165, 1.54) is 81.3 Å². The Balaban J connectivity index is 1.54. The van der Waals surface area contributed by atoms with Crippen LogP contribution in [0.3, 0.4) is 0 Å².